The first-order valence-corrected chi connectivity index (χ1v) is 6.57. The van der Waals surface area contributed by atoms with Crippen LogP contribution in [0.4, 0.5) is 0 Å². The van der Waals surface area contributed by atoms with Crippen LogP contribution in [-0.2, 0) is 0 Å². The zero-order chi connectivity index (χ0) is 13.8. The number of carbonyl (C=O) groups excluding carboxylic acids is 1. The predicted octanol–water partition coefficient (Wildman–Crippen LogP) is 2.63. The van der Waals surface area contributed by atoms with E-state index in [1.807, 2.05) is 38.1 Å². The first-order valence-electron chi connectivity index (χ1n) is 6.57. The molecule has 0 saturated heterocycles. The summed E-state index contributed by atoms with van der Waals surface area (Å²) in [5, 5.41) is 12.8. The molecule has 4 nitrogen and oxygen atoms in total. The molecule has 4 heteroatoms. The quantitative estimate of drug-likeness (QED) is 0.869. The van der Waals surface area contributed by atoms with Crippen molar-refractivity contribution in [2.24, 2.45) is 0 Å². The lowest BCUT2D eigenvalue weighted by atomic mass is 10.1. The molecular weight excluding hydrogens is 242 g/mol. The highest BCUT2D eigenvalue weighted by Crippen LogP contribution is 2.24. The van der Waals surface area contributed by atoms with E-state index in [1.54, 1.807) is 0 Å². The molecule has 1 heterocycles. The average Bonchev–Trinajstić information content (AvgIpc) is 2.76. The van der Waals surface area contributed by atoms with Gasteiger partial charge in [-0.15, -0.1) is 0 Å². The molecule has 2 N–H and O–H groups in total. The lowest BCUT2D eigenvalue weighted by molar-refractivity contribution is 0.0902. The van der Waals surface area contributed by atoms with Crippen LogP contribution in [0.25, 0.3) is 11.0 Å². The Morgan fingerprint density at radius 2 is 2.16 bits per heavy atom. The third kappa shape index (κ3) is 2.79. The standard InChI is InChI=1S/C15H19NO3/c1-3-11(8-9-17)16-15(18)14-10(2)12-6-4-5-7-13(12)19-14/h4-7,11,17H,3,8-9H2,1-2H3,(H,16,18). The summed E-state index contributed by atoms with van der Waals surface area (Å²) < 4.78 is 5.61. The van der Waals surface area contributed by atoms with Gasteiger partial charge in [0.15, 0.2) is 5.76 Å². The van der Waals surface area contributed by atoms with Crippen molar-refractivity contribution in [3.63, 3.8) is 0 Å². The molecule has 0 aliphatic heterocycles. The fraction of sp³-hybridized carbons (Fsp3) is 0.400. The minimum absolute atomic E-state index is 0.0230. The molecule has 0 aliphatic carbocycles. The second-order valence-corrected chi connectivity index (χ2v) is 4.64. The number of aliphatic hydroxyl groups excluding tert-OH is 1. The first kappa shape index (κ1) is 13.6. The smallest absolute Gasteiger partial charge is 0.287 e. The van der Waals surface area contributed by atoms with Crippen LogP contribution < -0.4 is 5.32 Å². The van der Waals surface area contributed by atoms with Crippen LogP contribution >= 0.6 is 0 Å². The number of aryl methyl sites for hydroxylation is 1. The van der Waals surface area contributed by atoms with Crippen molar-refractivity contribution >= 4 is 16.9 Å². The Balaban J connectivity index is 2.24. The van der Waals surface area contributed by atoms with Crippen molar-refractivity contribution in [1.29, 1.82) is 0 Å². The van der Waals surface area contributed by atoms with Crippen LogP contribution in [0.2, 0.25) is 0 Å². The second-order valence-electron chi connectivity index (χ2n) is 4.64. The average molecular weight is 261 g/mol. The summed E-state index contributed by atoms with van der Waals surface area (Å²) in [5.41, 5.74) is 1.58. The van der Waals surface area contributed by atoms with Crippen LogP contribution in [0.5, 0.6) is 0 Å². The molecular formula is C15H19NO3. The van der Waals surface area contributed by atoms with Gasteiger partial charge in [-0.1, -0.05) is 25.1 Å². The molecule has 1 aromatic carbocycles. The van der Waals surface area contributed by atoms with Crippen molar-refractivity contribution < 1.29 is 14.3 Å². The van der Waals surface area contributed by atoms with Gasteiger partial charge in [-0.25, -0.2) is 0 Å². The fourth-order valence-corrected chi connectivity index (χ4v) is 2.18. The zero-order valence-electron chi connectivity index (χ0n) is 11.3. The van der Waals surface area contributed by atoms with Gasteiger partial charge in [0, 0.05) is 23.6 Å². The number of nitrogens with one attached hydrogen (secondary N) is 1. The predicted molar refractivity (Wildman–Crippen MR) is 74.2 cm³/mol. The molecule has 0 aliphatic rings. The van der Waals surface area contributed by atoms with Gasteiger partial charge in [-0.3, -0.25) is 4.79 Å². The van der Waals surface area contributed by atoms with E-state index in [1.165, 1.54) is 0 Å². The van der Waals surface area contributed by atoms with Gasteiger partial charge in [-0.05, 0) is 25.8 Å². The van der Waals surface area contributed by atoms with E-state index in [9.17, 15) is 4.79 Å². The summed E-state index contributed by atoms with van der Waals surface area (Å²) >= 11 is 0. The molecule has 1 unspecified atom stereocenters. The summed E-state index contributed by atoms with van der Waals surface area (Å²) in [7, 11) is 0. The summed E-state index contributed by atoms with van der Waals surface area (Å²) in [4.78, 5) is 12.2. The molecule has 102 valence electrons. The number of aliphatic hydroxyl groups is 1. The van der Waals surface area contributed by atoms with E-state index in [0.29, 0.717) is 12.2 Å². The Kier molecular flexibility index (Phi) is 4.22. The summed E-state index contributed by atoms with van der Waals surface area (Å²) in [6.45, 7) is 3.93. The lowest BCUT2D eigenvalue weighted by Gasteiger charge is -2.14. The highest BCUT2D eigenvalue weighted by atomic mass is 16.3. The largest absolute Gasteiger partial charge is 0.451 e. The fourth-order valence-electron chi connectivity index (χ4n) is 2.18. The topological polar surface area (TPSA) is 62.5 Å². The van der Waals surface area contributed by atoms with Crippen LogP contribution in [0.1, 0.15) is 35.9 Å². The Labute approximate surface area is 112 Å². The molecule has 0 bridgehead atoms. The van der Waals surface area contributed by atoms with E-state index in [4.69, 9.17) is 9.52 Å². The maximum atomic E-state index is 12.2. The van der Waals surface area contributed by atoms with Gasteiger partial charge in [0.25, 0.3) is 5.91 Å². The Hall–Kier alpha value is -1.81. The van der Waals surface area contributed by atoms with Crippen molar-refractivity contribution in [1.82, 2.24) is 5.32 Å². The van der Waals surface area contributed by atoms with E-state index in [0.717, 1.165) is 23.0 Å². The molecule has 0 spiro atoms. The minimum atomic E-state index is -0.214. The van der Waals surface area contributed by atoms with Crippen LogP contribution in [0.15, 0.2) is 28.7 Å². The minimum Gasteiger partial charge on any atom is -0.451 e. The number of para-hydroxylation sites is 1. The Bertz CT molecular complexity index is 574. The summed E-state index contributed by atoms with van der Waals surface area (Å²) in [6, 6.07) is 7.57. The van der Waals surface area contributed by atoms with E-state index < -0.39 is 0 Å². The van der Waals surface area contributed by atoms with Crippen molar-refractivity contribution in [2.45, 2.75) is 32.7 Å². The monoisotopic (exact) mass is 261 g/mol. The number of furan rings is 1. The molecule has 2 aromatic rings. The summed E-state index contributed by atoms with van der Waals surface area (Å²) in [6.07, 6.45) is 1.34. The second kappa shape index (κ2) is 5.89. The van der Waals surface area contributed by atoms with Gasteiger partial charge in [-0.2, -0.15) is 0 Å². The molecule has 1 atom stereocenters. The maximum Gasteiger partial charge on any atom is 0.287 e. The third-order valence-corrected chi connectivity index (χ3v) is 3.36. The number of hydrogen-bond acceptors (Lipinski definition) is 3. The van der Waals surface area contributed by atoms with Crippen LogP contribution in [-0.4, -0.2) is 23.7 Å². The molecule has 19 heavy (non-hydrogen) atoms. The highest BCUT2D eigenvalue weighted by molar-refractivity contribution is 5.99. The number of amides is 1. The number of carbonyl (C=O) groups is 1. The van der Waals surface area contributed by atoms with Crippen molar-refractivity contribution in [3.05, 3.63) is 35.6 Å². The number of benzene rings is 1. The SMILES string of the molecule is CCC(CCO)NC(=O)c1oc2ccccc2c1C. The van der Waals surface area contributed by atoms with Gasteiger partial charge in [0.1, 0.15) is 5.58 Å². The highest BCUT2D eigenvalue weighted by Gasteiger charge is 2.19. The van der Waals surface area contributed by atoms with E-state index >= 15 is 0 Å². The molecule has 0 fully saturated rings. The molecule has 0 radical (unpaired) electrons. The molecule has 1 aromatic heterocycles. The Morgan fingerprint density at radius 1 is 1.42 bits per heavy atom. The van der Waals surface area contributed by atoms with Gasteiger partial charge in [0.2, 0.25) is 0 Å². The lowest BCUT2D eigenvalue weighted by Crippen LogP contribution is -2.35. The number of hydrogen-bond donors (Lipinski definition) is 2. The molecule has 2 rings (SSSR count). The third-order valence-electron chi connectivity index (χ3n) is 3.36. The van der Waals surface area contributed by atoms with Gasteiger partial charge in [0.05, 0.1) is 0 Å². The Morgan fingerprint density at radius 3 is 2.79 bits per heavy atom. The van der Waals surface area contributed by atoms with E-state index in [-0.39, 0.29) is 18.6 Å². The zero-order valence-corrected chi connectivity index (χ0v) is 11.3. The number of fused-ring (bicyclic) bond motifs is 1. The van der Waals surface area contributed by atoms with Gasteiger partial charge >= 0.3 is 0 Å². The van der Waals surface area contributed by atoms with Crippen molar-refractivity contribution in [3.8, 4) is 0 Å². The normalized spacial score (nSPS) is 12.6. The van der Waals surface area contributed by atoms with Crippen LogP contribution in [0.3, 0.4) is 0 Å². The number of rotatable bonds is 5. The summed E-state index contributed by atoms with van der Waals surface area (Å²) in [5.74, 6) is 0.145. The molecule has 0 saturated carbocycles. The van der Waals surface area contributed by atoms with Crippen molar-refractivity contribution in [2.75, 3.05) is 6.61 Å². The molecule has 1 amide bonds. The maximum absolute atomic E-state index is 12.2. The van der Waals surface area contributed by atoms with E-state index in [2.05, 4.69) is 5.32 Å². The van der Waals surface area contributed by atoms with Crippen LogP contribution in [0, 0.1) is 6.92 Å². The van der Waals surface area contributed by atoms with Gasteiger partial charge < -0.3 is 14.8 Å². The first-order chi connectivity index (χ1) is 9.17.